The number of piperidine rings is 1. The van der Waals surface area contributed by atoms with Crippen LogP contribution in [0.1, 0.15) is 38.1 Å². The number of hydrogen-bond donors (Lipinski definition) is 2. The van der Waals surface area contributed by atoms with Gasteiger partial charge in [0.05, 0.1) is 19.3 Å². The summed E-state index contributed by atoms with van der Waals surface area (Å²) in [5.74, 6) is 0.609. The molecule has 1 saturated heterocycles. The van der Waals surface area contributed by atoms with Crippen LogP contribution in [0.15, 0.2) is 22.7 Å². The van der Waals surface area contributed by atoms with Gasteiger partial charge in [-0.25, -0.2) is 12.7 Å². The van der Waals surface area contributed by atoms with E-state index in [-0.39, 0.29) is 49.4 Å². The number of aryl methyl sites for hydroxylation is 2. The van der Waals surface area contributed by atoms with Crippen molar-refractivity contribution in [3.63, 3.8) is 0 Å². The normalized spacial score (nSPS) is 14.7. The predicted octanol–water partition coefficient (Wildman–Crippen LogP) is 1.58. The van der Waals surface area contributed by atoms with E-state index in [1.54, 1.807) is 23.8 Å². The van der Waals surface area contributed by atoms with Crippen LogP contribution in [-0.4, -0.2) is 104 Å². The number of rotatable bonds is 12. The van der Waals surface area contributed by atoms with Crippen molar-refractivity contribution in [2.75, 3.05) is 57.5 Å². The third kappa shape index (κ3) is 9.23. The van der Waals surface area contributed by atoms with E-state index in [4.69, 9.17) is 4.52 Å². The molecule has 14 heteroatoms. The minimum absolute atomic E-state index is 0. The number of halogens is 1. The highest BCUT2D eigenvalue weighted by molar-refractivity contribution is 7.88. The molecule has 2 heterocycles. The highest BCUT2D eigenvalue weighted by Crippen LogP contribution is 2.27. The third-order valence-corrected chi connectivity index (χ3v) is 8.16. The van der Waals surface area contributed by atoms with Crippen molar-refractivity contribution in [3.8, 4) is 11.4 Å². The summed E-state index contributed by atoms with van der Waals surface area (Å²) in [6.07, 6.45) is 2.37. The molecule has 0 atom stereocenters. The molecular weight excluding hydrogens is 558 g/mol. The lowest BCUT2D eigenvalue weighted by Gasteiger charge is -2.35. The van der Waals surface area contributed by atoms with E-state index in [0.717, 1.165) is 16.8 Å². The van der Waals surface area contributed by atoms with Gasteiger partial charge in [-0.3, -0.25) is 14.9 Å². The van der Waals surface area contributed by atoms with Crippen LogP contribution in [0.3, 0.4) is 0 Å². The lowest BCUT2D eigenvalue weighted by molar-refractivity contribution is -0.131. The Labute approximate surface area is 243 Å². The largest absolute Gasteiger partial charge is 0.342 e. The number of carbonyl (C=O) groups is 2. The van der Waals surface area contributed by atoms with Gasteiger partial charge in [0.15, 0.2) is 0 Å². The average Bonchev–Trinajstić information content (AvgIpc) is 3.32. The molecule has 12 nitrogen and oxygen atoms in total. The van der Waals surface area contributed by atoms with Gasteiger partial charge in [0.1, 0.15) is 0 Å². The van der Waals surface area contributed by atoms with Crippen LogP contribution in [0, 0.1) is 13.8 Å². The number of amides is 2. The summed E-state index contributed by atoms with van der Waals surface area (Å²) >= 11 is 0. The quantitative estimate of drug-likeness (QED) is 0.372. The van der Waals surface area contributed by atoms with Crippen LogP contribution in [0.4, 0.5) is 5.69 Å². The molecule has 1 aliphatic rings. The maximum Gasteiger partial charge on any atom is 0.241 e. The minimum atomic E-state index is -3.22. The minimum Gasteiger partial charge on any atom is -0.342 e. The summed E-state index contributed by atoms with van der Waals surface area (Å²) in [5.41, 5.74) is 2.41. The van der Waals surface area contributed by atoms with E-state index in [1.165, 1.54) is 10.6 Å². The lowest BCUT2D eigenvalue weighted by Crippen LogP contribution is -2.49. The first kappa shape index (κ1) is 33.6. The van der Waals surface area contributed by atoms with E-state index in [1.807, 2.05) is 39.0 Å². The highest BCUT2D eigenvalue weighted by Gasteiger charge is 2.29. The Bertz CT molecular complexity index is 1250. The van der Waals surface area contributed by atoms with Crippen molar-refractivity contribution < 1.29 is 22.5 Å². The van der Waals surface area contributed by atoms with Gasteiger partial charge in [0.25, 0.3) is 0 Å². The predicted molar refractivity (Wildman–Crippen MR) is 157 cm³/mol. The van der Waals surface area contributed by atoms with Crippen LogP contribution < -0.4 is 15.5 Å². The van der Waals surface area contributed by atoms with Gasteiger partial charge in [-0.05, 0) is 31.4 Å². The molecule has 0 spiro atoms. The first-order valence-electron chi connectivity index (χ1n) is 13.2. The number of benzene rings is 1. The lowest BCUT2D eigenvalue weighted by atomic mass is 10.1. The molecule has 224 valence electrons. The highest BCUT2D eigenvalue weighted by atomic mass is 35.5. The summed E-state index contributed by atoms with van der Waals surface area (Å²) in [7, 11) is -1.50. The molecule has 0 bridgehead atoms. The van der Waals surface area contributed by atoms with Crippen LogP contribution in [0.5, 0.6) is 0 Å². The molecule has 2 amide bonds. The van der Waals surface area contributed by atoms with Gasteiger partial charge in [-0.15, -0.1) is 12.4 Å². The Balaban J connectivity index is 0.00000560. The van der Waals surface area contributed by atoms with Crippen molar-refractivity contribution in [2.24, 2.45) is 0 Å². The molecule has 2 N–H and O–H groups in total. The first-order chi connectivity index (χ1) is 18.4. The zero-order valence-corrected chi connectivity index (χ0v) is 25.8. The second kappa shape index (κ2) is 14.9. The molecule has 2 aromatic rings. The topological polar surface area (TPSA) is 141 Å². The fourth-order valence-electron chi connectivity index (χ4n) is 4.56. The fraction of sp³-hybridized carbons (Fsp3) is 0.615. The van der Waals surface area contributed by atoms with Crippen molar-refractivity contribution >= 4 is 39.9 Å². The smallest absolute Gasteiger partial charge is 0.241 e. The third-order valence-electron chi connectivity index (χ3n) is 6.86. The SMILES string of the molecule is Cc1nc(-c2ccc(C)c(N(CCNC(C)C)C(=O)CNCC(=O)N(C)C3CCN(S(C)(=O)=O)CC3)c2)no1.Cl. The summed E-state index contributed by atoms with van der Waals surface area (Å²) in [6, 6.07) is 5.94. The second-order valence-corrected chi connectivity index (χ2v) is 12.3. The number of carbonyl (C=O) groups excluding carboxylic acids is 2. The van der Waals surface area contributed by atoms with Crippen molar-refractivity contribution in [2.45, 2.75) is 52.6 Å². The standard InChI is InChI=1S/C26H41N7O5S.ClH/c1-18(2)28-11-14-33(23-15-21(8-7-19(23)3)26-29-20(4)38-30-26)25(35)17-27-16-24(34)31(5)22-9-12-32(13-10-22)39(6,36)37;/h7-8,15,18,22,27-28H,9-14,16-17H2,1-6H3;1H. The van der Waals surface area contributed by atoms with Crippen molar-refractivity contribution in [3.05, 3.63) is 29.7 Å². The number of likely N-dealkylation sites (N-methyl/N-ethyl adjacent to an activating group) is 1. The van der Waals surface area contributed by atoms with Gasteiger partial charge in [0.2, 0.25) is 33.6 Å². The molecule has 40 heavy (non-hydrogen) atoms. The fourth-order valence-corrected chi connectivity index (χ4v) is 5.44. The van der Waals surface area contributed by atoms with Crippen LogP contribution in [0.2, 0.25) is 0 Å². The number of hydrogen-bond acceptors (Lipinski definition) is 9. The van der Waals surface area contributed by atoms with Crippen LogP contribution >= 0.6 is 12.4 Å². The molecule has 1 aromatic carbocycles. The number of nitrogens with one attached hydrogen (secondary N) is 2. The van der Waals surface area contributed by atoms with Gasteiger partial charge in [0, 0.05) is 63.5 Å². The molecule has 0 unspecified atom stereocenters. The van der Waals surface area contributed by atoms with E-state index in [2.05, 4.69) is 20.8 Å². The van der Waals surface area contributed by atoms with E-state index in [9.17, 15) is 18.0 Å². The Morgan fingerprint density at radius 3 is 2.38 bits per heavy atom. The monoisotopic (exact) mass is 599 g/mol. The molecule has 0 aliphatic carbocycles. The Kier molecular flexibility index (Phi) is 12.5. The number of aromatic nitrogens is 2. The molecular formula is C26H42ClN7O5S. The van der Waals surface area contributed by atoms with E-state index < -0.39 is 10.0 Å². The second-order valence-electron chi connectivity index (χ2n) is 10.3. The molecule has 1 aliphatic heterocycles. The number of anilines is 1. The summed E-state index contributed by atoms with van der Waals surface area (Å²) in [4.78, 5) is 33.9. The van der Waals surface area contributed by atoms with Gasteiger partial charge < -0.3 is 19.6 Å². The Morgan fingerprint density at radius 2 is 1.80 bits per heavy atom. The molecule has 0 saturated carbocycles. The average molecular weight is 600 g/mol. The maximum atomic E-state index is 13.4. The molecule has 1 aromatic heterocycles. The van der Waals surface area contributed by atoms with E-state index in [0.29, 0.717) is 50.7 Å². The summed E-state index contributed by atoms with van der Waals surface area (Å²) in [6.45, 7) is 9.59. The molecule has 3 rings (SSSR count). The number of sulfonamides is 1. The first-order valence-corrected chi connectivity index (χ1v) is 15.1. The summed E-state index contributed by atoms with van der Waals surface area (Å²) in [5, 5.41) is 10.4. The zero-order chi connectivity index (χ0) is 28.7. The van der Waals surface area contributed by atoms with Crippen molar-refractivity contribution in [1.82, 2.24) is 30.0 Å². The Morgan fingerprint density at radius 1 is 1.15 bits per heavy atom. The van der Waals surface area contributed by atoms with E-state index >= 15 is 0 Å². The maximum absolute atomic E-state index is 13.4. The van der Waals surface area contributed by atoms with Crippen LogP contribution in [-0.2, 0) is 19.6 Å². The van der Waals surface area contributed by atoms with Gasteiger partial charge in [-0.1, -0.05) is 31.1 Å². The van der Waals surface area contributed by atoms with Crippen molar-refractivity contribution in [1.29, 1.82) is 0 Å². The molecule has 1 fully saturated rings. The zero-order valence-electron chi connectivity index (χ0n) is 24.1. The number of nitrogens with zero attached hydrogens (tertiary/aromatic N) is 5. The van der Waals surface area contributed by atoms with Gasteiger partial charge in [-0.2, -0.15) is 4.98 Å². The van der Waals surface area contributed by atoms with Gasteiger partial charge >= 0.3 is 0 Å². The Hall–Kier alpha value is -2.58. The molecule has 0 radical (unpaired) electrons. The summed E-state index contributed by atoms with van der Waals surface area (Å²) < 4.78 is 30.1. The van der Waals surface area contributed by atoms with Crippen LogP contribution in [0.25, 0.3) is 11.4 Å².